The van der Waals surface area contributed by atoms with Crippen LogP contribution < -0.4 is 0 Å². The number of hydrogen-bond acceptors (Lipinski definition) is 5. The summed E-state index contributed by atoms with van der Waals surface area (Å²) in [7, 11) is -3.46. The van der Waals surface area contributed by atoms with Gasteiger partial charge in [-0.25, -0.2) is 8.42 Å². The molecule has 2 fully saturated rings. The Balaban J connectivity index is 1.45. The topological polar surface area (TPSA) is 78.0 Å². The Morgan fingerprint density at radius 3 is 2.11 bits per heavy atom. The summed E-state index contributed by atoms with van der Waals surface area (Å²) in [6.45, 7) is 3.20. The first kappa shape index (κ1) is 20.0. The maximum Gasteiger partial charge on any atom is 0.229 e. The predicted molar refractivity (Wildman–Crippen MR) is 103 cm³/mol. The van der Waals surface area contributed by atoms with Gasteiger partial charge in [0.1, 0.15) is 0 Å². The quantitative estimate of drug-likeness (QED) is 0.638. The fraction of sp³-hybridized carbons (Fsp3) is 0.579. The van der Waals surface area contributed by atoms with Crippen LogP contribution in [0.25, 0.3) is 0 Å². The molecule has 1 aromatic carbocycles. The van der Waals surface area contributed by atoms with Crippen LogP contribution in [0.1, 0.15) is 24.8 Å². The van der Waals surface area contributed by atoms with Gasteiger partial charge in [-0.2, -0.15) is 4.31 Å². The van der Waals surface area contributed by atoms with Crippen LogP contribution in [0, 0.1) is 0 Å². The Kier molecular flexibility index (Phi) is 6.62. The van der Waals surface area contributed by atoms with Gasteiger partial charge in [0.05, 0.1) is 5.75 Å². The molecule has 2 aliphatic rings. The van der Waals surface area contributed by atoms with Crippen LogP contribution in [0.4, 0.5) is 0 Å². The van der Waals surface area contributed by atoms with Crippen molar-refractivity contribution in [2.45, 2.75) is 25.7 Å². The van der Waals surface area contributed by atoms with Crippen LogP contribution >= 0.6 is 0 Å². The number of imide groups is 1. The van der Waals surface area contributed by atoms with Gasteiger partial charge >= 0.3 is 0 Å². The molecule has 0 bridgehead atoms. The Hall–Kier alpha value is -1.77. The fourth-order valence-corrected chi connectivity index (χ4v) is 4.94. The highest BCUT2D eigenvalue weighted by Crippen LogP contribution is 2.14. The highest BCUT2D eigenvalue weighted by molar-refractivity contribution is 7.89. The van der Waals surface area contributed by atoms with Crippen LogP contribution in [0.2, 0.25) is 0 Å². The van der Waals surface area contributed by atoms with Crippen molar-refractivity contribution < 1.29 is 18.0 Å². The van der Waals surface area contributed by atoms with Gasteiger partial charge in [-0.1, -0.05) is 30.3 Å². The Morgan fingerprint density at radius 2 is 1.48 bits per heavy atom. The minimum atomic E-state index is -3.46. The number of nitrogens with zero attached hydrogens (tertiary/aromatic N) is 3. The lowest BCUT2D eigenvalue weighted by Crippen LogP contribution is -2.51. The predicted octanol–water partition coefficient (Wildman–Crippen LogP) is 0.716. The molecule has 0 spiro atoms. The lowest BCUT2D eigenvalue weighted by atomic mass is 10.1. The van der Waals surface area contributed by atoms with E-state index in [0.29, 0.717) is 45.4 Å². The molecule has 2 heterocycles. The second-order valence-electron chi connectivity index (χ2n) is 7.08. The van der Waals surface area contributed by atoms with Crippen molar-refractivity contribution in [3.8, 4) is 0 Å². The van der Waals surface area contributed by atoms with Crippen molar-refractivity contribution in [1.82, 2.24) is 14.1 Å². The summed E-state index contributed by atoms with van der Waals surface area (Å²) in [5.74, 6) is -0.700. The molecule has 0 aliphatic carbocycles. The van der Waals surface area contributed by atoms with Crippen molar-refractivity contribution in [1.29, 1.82) is 0 Å². The number of carbonyl (C=O) groups excluding carboxylic acids is 2. The molecule has 7 nitrogen and oxygen atoms in total. The summed E-state index contributed by atoms with van der Waals surface area (Å²) >= 11 is 0. The molecule has 8 heteroatoms. The van der Waals surface area contributed by atoms with Crippen LogP contribution in [-0.4, -0.2) is 79.4 Å². The summed E-state index contributed by atoms with van der Waals surface area (Å²) in [5.41, 5.74) is 1.28. The minimum Gasteiger partial charge on any atom is -0.300 e. The molecule has 0 aromatic heterocycles. The molecule has 0 radical (unpaired) electrons. The molecule has 0 atom stereocenters. The van der Waals surface area contributed by atoms with Crippen molar-refractivity contribution in [3.05, 3.63) is 35.9 Å². The molecule has 3 rings (SSSR count). The third kappa shape index (κ3) is 5.37. The standard InChI is InChI=1S/C19H27N3O4S/c23-18-7-4-8-19(24)22(18)15-16-27(25,26)21-13-11-20(12-14-21)10-9-17-5-2-1-3-6-17/h1-3,5-6H,4,7-16H2. The third-order valence-corrected chi connectivity index (χ3v) is 7.09. The number of piperidine rings is 1. The van der Waals surface area contributed by atoms with E-state index in [1.54, 1.807) is 0 Å². The highest BCUT2D eigenvalue weighted by atomic mass is 32.2. The molecule has 0 saturated carbocycles. The van der Waals surface area contributed by atoms with Crippen molar-refractivity contribution in [2.75, 3.05) is 45.0 Å². The van der Waals surface area contributed by atoms with Crippen LogP contribution in [0.5, 0.6) is 0 Å². The molecule has 148 valence electrons. The SMILES string of the molecule is O=C1CCCC(=O)N1CCS(=O)(=O)N1CCN(CCc2ccccc2)CC1. The molecule has 0 N–H and O–H groups in total. The second kappa shape index (κ2) is 8.95. The second-order valence-corrected chi connectivity index (χ2v) is 9.17. The fourth-order valence-electron chi connectivity index (χ4n) is 3.55. The van der Waals surface area contributed by atoms with E-state index in [1.165, 1.54) is 9.87 Å². The molecule has 27 heavy (non-hydrogen) atoms. The molecule has 0 unspecified atom stereocenters. The Bertz CT molecular complexity index is 742. The first-order chi connectivity index (χ1) is 13.0. The minimum absolute atomic E-state index is 0.0335. The monoisotopic (exact) mass is 393 g/mol. The lowest BCUT2D eigenvalue weighted by molar-refractivity contribution is -0.147. The van der Waals surface area contributed by atoms with Crippen molar-refractivity contribution in [2.24, 2.45) is 0 Å². The van der Waals surface area contributed by atoms with Gasteiger partial charge in [-0.3, -0.25) is 14.5 Å². The maximum absolute atomic E-state index is 12.6. The van der Waals surface area contributed by atoms with E-state index in [1.807, 2.05) is 18.2 Å². The van der Waals surface area contributed by atoms with Gasteiger partial charge in [0, 0.05) is 52.1 Å². The zero-order valence-electron chi connectivity index (χ0n) is 15.5. The average Bonchev–Trinajstić information content (AvgIpc) is 2.67. The van der Waals surface area contributed by atoms with Crippen molar-refractivity contribution in [3.63, 3.8) is 0 Å². The Morgan fingerprint density at radius 1 is 0.852 bits per heavy atom. The number of sulfonamides is 1. The molecule has 1 aromatic rings. The van der Waals surface area contributed by atoms with Gasteiger partial charge < -0.3 is 4.90 Å². The number of likely N-dealkylation sites (tertiary alicyclic amines) is 1. The average molecular weight is 394 g/mol. The summed E-state index contributed by atoms with van der Waals surface area (Å²) in [6.07, 6.45) is 2.16. The Labute approximate surface area is 161 Å². The molecule has 2 amide bonds. The third-order valence-electron chi connectivity index (χ3n) is 5.24. The molecule has 2 saturated heterocycles. The summed E-state index contributed by atoms with van der Waals surface area (Å²) in [5, 5.41) is 0. The maximum atomic E-state index is 12.6. The van der Waals surface area contributed by atoms with E-state index in [-0.39, 0.29) is 24.1 Å². The van der Waals surface area contributed by atoms with Crippen LogP contribution in [-0.2, 0) is 26.0 Å². The summed E-state index contributed by atoms with van der Waals surface area (Å²) in [6, 6.07) is 10.3. The first-order valence-electron chi connectivity index (χ1n) is 9.53. The van der Waals surface area contributed by atoms with E-state index >= 15 is 0 Å². The van der Waals surface area contributed by atoms with Gasteiger partial charge in [0.25, 0.3) is 0 Å². The lowest BCUT2D eigenvalue weighted by Gasteiger charge is -2.34. The van der Waals surface area contributed by atoms with E-state index in [2.05, 4.69) is 17.0 Å². The number of carbonyl (C=O) groups is 2. The number of hydrogen-bond donors (Lipinski definition) is 0. The summed E-state index contributed by atoms with van der Waals surface area (Å²) < 4.78 is 26.7. The number of amides is 2. The van der Waals surface area contributed by atoms with Crippen molar-refractivity contribution >= 4 is 21.8 Å². The summed E-state index contributed by atoms with van der Waals surface area (Å²) in [4.78, 5) is 27.0. The zero-order valence-corrected chi connectivity index (χ0v) is 16.4. The van der Waals surface area contributed by atoms with E-state index < -0.39 is 10.0 Å². The van der Waals surface area contributed by atoms with Gasteiger partial charge in [-0.05, 0) is 18.4 Å². The first-order valence-corrected chi connectivity index (χ1v) is 11.1. The largest absolute Gasteiger partial charge is 0.300 e. The van der Waals surface area contributed by atoms with E-state index in [4.69, 9.17) is 0 Å². The molecular weight excluding hydrogens is 366 g/mol. The smallest absolute Gasteiger partial charge is 0.229 e. The zero-order chi connectivity index (χ0) is 19.3. The molecular formula is C19H27N3O4S. The van der Waals surface area contributed by atoms with Gasteiger partial charge in [0.2, 0.25) is 21.8 Å². The van der Waals surface area contributed by atoms with Gasteiger partial charge in [0.15, 0.2) is 0 Å². The number of piperazine rings is 1. The number of benzene rings is 1. The molecule has 2 aliphatic heterocycles. The highest BCUT2D eigenvalue weighted by Gasteiger charge is 2.30. The van der Waals surface area contributed by atoms with Crippen LogP contribution in [0.3, 0.4) is 0 Å². The van der Waals surface area contributed by atoms with Crippen LogP contribution in [0.15, 0.2) is 30.3 Å². The van der Waals surface area contributed by atoms with Gasteiger partial charge in [-0.15, -0.1) is 0 Å². The normalized spacial score (nSPS) is 20.2. The number of rotatable bonds is 7. The van der Waals surface area contributed by atoms with E-state index in [9.17, 15) is 18.0 Å². The van der Waals surface area contributed by atoms with E-state index in [0.717, 1.165) is 17.9 Å².